The molecule has 2 aromatic heterocycles. The molecule has 0 aliphatic carbocycles. The summed E-state index contributed by atoms with van der Waals surface area (Å²) >= 11 is 0. The van der Waals surface area contributed by atoms with Crippen molar-refractivity contribution in [1.29, 1.82) is 0 Å². The molecule has 0 unspecified atom stereocenters. The first-order chi connectivity index (χ1) is 10.2. The summed E-state index contributed by atoms with van der Waals surface area (Å²) in [6.07, 6.45) is 1.57. The summed E-state index contributed by atoms with van der Waals surface area (Å²) in [6.45, 7) is 0. The van der Waals surface area contributed by atoms with E-state index in [4.69, 9.17) is 14.9 Å². The molecular formula is C14H12N4O3. The second-order valence-electron chi connectivity index (χ2n) is 4.26. The number of oxazole rings is 1. The van der Waals surface area contributed by atoms with Gasteiger partial charge in [0.25, 0.3) is 5.91 Å². The van der Waals surface area contributed by atoms with Gasteiger partial charge in [0.1, 0.15) is 11.4 Å². The molecule has 0 spiro atoms. The van der Waals surface area contributed by atoms with E-state index in [1.807, 2.05) is 0 Å². The number of aromatic nitrogens is 3. The first kappa shape index (κ1) is 12.9. The van der Waals surface area contributed by atoms with Crippen LogP contribution in [-0.2, 0) is 0 Å². The summed E-state index contributed by atoms with van der Waals surface area (Å²) in [5.41, 5.74) is 6.69. The van der Waals surface area contributed by atoms with E-state index in [0.717, 1.165) is 0 Å². The Bertz CT molecular complexity index is 760. The molecule has 0 saturated carbocycles. The number of H-pyrrole nitrogens is 1. The SMILES string of the molecule is COc1ccc(-c2oc(-c3ccn[nH]3)nc2C(N)=O)cc1. The highest BCUT2D eigenvalue weighted by atomic mass is 16.5. The predicted octanol–water partition coefficient (Wildman–Crippen LogP) is 1.84. The van der Waals surface area contributed by atoms with Gasteiger partial charge in [0.15, 0.2) is 11.5 Å². The lowest BCUT2D eigenvalue weighted by atomic mass is 10.1. The Kier molecular flexibility index (Phi) is 3.15. The summed E-state index contributed by atoms with van der Waals surface area (Å²) in [5.74, 6) is 0.616. The minimum absolute atomic E-state index is 0.0739. The Morgan fingerprint density at radius 2 is 2.05 bits per heavy atom. The van der Waals surface area contributed by atoms with E-state index in [9.17, 15) is 4.79 Å². The van der Waals surface area contributed by atoms with Crippen LogP contribution in [0.2, 0.25) is 0 Å². The molecule has 0 saturated heterocycles. The average Bonchev–Trinajstić information content (AvgIpc) is 3.16. The number of hydrogen-bond donors (Lipinski definition) is 2. The van der Waals surface area contributed by atoms with Gasteiger partial charge in [-0.15, -0.1) is 0 Å². The summed E-state index contributed by atoms with van der Waals surface area (Å²) in [4.78, 5) is 15.7. The molecule has 2 heterocycles. The lowest BCUT2D eigenvalue weighted by Gasteiger charge is -2.01. The molecule has 3 N–H and O–H groups in total. The molecule has 106 valence electrons. The number of nitrogens with one attached hydrogen (secondary N) is 1. The lowest BCUT2D eigenvalue weighted by molar-refractivity contribution is 0.0996. The normalized spacial score (nSPS) is 10.5. The molecule has 0 aliphatic heterocycles. The molecular weight excluding hydrogens is 272 g/mol. The van der Waals surface area contributed by atoms with Crippen LogP contribution in [0.1, 0.15) is 10.5 Å². The first-order valence-electron chi connectivity index (χ1n) is 6.14. The van der Waals surface area contributed by atoms with Gasteiger partial charge in [-0.3, -0.25) is 9.89 Å². The van der Waals surface area contributed by atoms with Gasteiger partial charge >= 0.3 is 0 Å². The van der Waals surface area contributed by atoms with E-state index >= 15 is 0 Å². The number of nitrogens with two attached hydrogens (primary N) is 1. The third-order valence-corrected chi connectivity index (χ3v) is 2.94. The standard InChI is InChI=1S/C14H12N4O3/c1-20-9-4-2-8(3-5-9)12-11(13(15)19)17-14(21-12)10-6-7-16-18-10/h2-7H,1H3,(H2,15,19)(H,16,18). The van der Waals surface area contributed by atoms with Crippen molar-refractivity contribution in [1.82, 2.24) is 15.2 Å². The third-order valence-electron chi connectivity index (χ3n) is 2.94. The summed E-state index contributed by atoms with van der Waals surface area (Å²) in [6, 6.07) is 8.75. The second kappa shape index (κ2) is 5.12. The molecule has 1 aromatic carbocycles. The van der Waals surface area contributed by atoms with E-state index in [1.54, 1.807) is 43.6 Å². The Labute approximate surface area is 119 Å². The maximum Gasteiger partial charge on any atom is 0.271 e. The number of nitrogens with zero attached hydrogens (tertiary/aromatic N) is 2. The fourth-order valence-corrected chi connectivity index (χ4v) is 1.92. The van der Waals surface area contributed by atoms with Crippen molar-refractivity contribution in [2.45, 2.75) is 0 Å². The molecule has 3 rings (SSSR count). The van der Waals surface area contributed by atoms with E-state index in [2.05, 4.69) is 15.2 Å². The Hall–Kier alpha value is -3.09. The summed E-state index contributed by atoms with van der Waals surface area (Å²) in [5, 5.41) is 6.54. The number of methoxy groups -OCH3 is 1. The monoisotopic (exact) mass is 284 g/mol. The van der Waals surface area contributed by atoms with Crippen molar-refractivity contribution in [3.63, 3.8) is 0 Å². The van der Waals surface area contributed by atoms with Crippen LogP contribution >= 0.6 is 0 Å². The van der Waals surface area contributed by atoms with Crippen LogP contribution in [0, 0.1) is 0 Å². The largest absolute Gasteiger partial charge is 0.497 e. The van der Waals surface area contributed by atoms with Crippen molar-refractivity contribution in [2.24, 2.45) is 5.73 Å². The predicted molar refractivity (Wildman–Crippen MR) is 74.6 cm³/mol. The van der Waals surface area contributed by atoms with Crippen LogP contribution in [0.5, 0.6) is 5.75 Å². The van der Waals surface area contributed by atoms with Gasteiger partial charge < -0.3 is 14.9 Å². The minimum atomic E-state index is -0.657. The number of carbonyl (C=O) groups excluding carboxylic acids is 1. The van der Waals surface area contributed by atoms with Crippen molar-refractivity contribution in [2.75, 3.05) is 7.11 Å². The van der Waals surface area contributed by atoms with Gasteiger partial charge in [0.2, 0.25) is 5.89 Å². The number of ether oxygens (including phenoxy) is 1. The summed E-state index contributed by atoms with van der Waals surface area (Å²) < 4.78 is 10.8. The fraction of sp³-hybridized carbons (Fsp3) is 0.0714. The maximum absolute atomic E-state index is 11.6. The molecule has 7 nitrogen and oxygen atoms in total. The molecule has 0 aliphatic rings. The molecule has 0 fully saturated rings. The van der Waals surface area contributed by atoms with E-state index in [0.29, 0.717) is 22.8 Å². The topological polar surface area (TPSA) is 107 Å². The minimum Gasteiger partial charge on any atom is -0.497 e. The zero-order chi connectivity index (χ0) is 14.8. The number of hydrogen-bond acceptors (Lipinski definition) is 5. The highest BCUT2D eigenvalue weighted by Gasteiger charge is 2.20. The van der Waals surface area contributed by atoms with Gasteiger partial charge in [-0.1, -0.05) is 0 Å². The van der Waals surface area contributed by atoms with Crippen molar-refractivity contribution < 1.29 is 13.9 Å². The average molecular weight is 284 g/mol. The number of rotatable bonds is 4. The number of carbonyl (C=O) groups is 1. The van der Waals surface area contributed by atoms with E-state index in [-0.39, 0.29) is 11.6 Å². The fourth-order valence-electron chi connectivity index (χ4n) is 1.92. The van der Waals surface area contributed by atoms with Gasteiger partial charge in [0.05, 0.1) is 7.11 Å². The number of amides is 1. The van der Waals surface area contributed by atoms with Gasteiger partial charge in [-0.05, 0) is 30.3 Å². The number of primary amides is 1. The van der Waals surface area contributed by atoms with Crippen LogP contribution in [-0.4, -0.2) is 28.2 Å². The van der Waals surface area contributed by atoms with Crippen LogP contribution in [0.3, 0.4) is 0 Å². The quantitative estimate of drug-likeness (QED) is 0.760. The molecule has 0 radical (unpaired) electrons. The highest BCUT2D eigenvalue weighted by molar-refractivity contribution is 5.97. The Morgan fingerprint density at radius 1 is 1.29 bits per heavy atom. The molecule has 0 atom stereocenters. The maximum atomic E-state index is 11.6. The third kappa shape index (κ3) is 2.36. The van der Waals surface area contributed by atoms with Crippen LogP contribution in [0.15, 0.2) is 40.9 Å². The Morgan fingerprint density at radius 3 is 2.62 bits per heavy atom. The summed E-state index contributed by atoms with van der Waals surface area (Å²) in [7, 11) is 1.58. The molecule has 3 aromatic rings. The van der Waals surface area contributed by atoms with Gasteiger partial charge in [-0.2, -0.15) is 5.10 Å². The van der Waals surface area contributed by atoms with Crippen molar-refractivity contribution >= 4 is 5.91 Å². The van der Waals surface area contributed by atoms with Crippen LogP contribution in [0.4, 0.5) is 0 Å². The van der Waals surface area contributed by atoms with E-state index in [1.165, 1.54) is 0 Å². The molecule has 7 heteroatoms. The molecule has 1 amide bonds. The zero-order valence-electron chi connectivity index (χ0n) is 11.2. The smallest absolute Gasteiger partial charge is 0.271 e. The molecule has 0 bridgehead atoms. The van der Waals surface area contributed by atoms with Gasteiger partial charge in [-0.25, -0.2) is 4.98 Å². The lowest BCUT2D eigenvalue weighted by Crippen LogP contribution is -2.12. The number of benzene rings is 1. The van der Waals surface area contributed by atoms with Crippen molar-refractivity contribution in [3.05, 3.63) is 42.2 Å². The van der Waals surface area contributed by atoms with Crippen LogP contribution in [0.25, 0.3) is 22.9 Å². The van der Waals surface area contributed by atoms with Crippen molar-refractivity contribution in [3.8, 4) is 28.7 Å². The zero-order valence-corrected chi connectivity index (χ0v) is 11.2. The number of aromatic amines is 1. The molecule has 21 heavy (non-hydrogen) atoms. The second-order valence-corrected chi connectivity index (χ2v) is 4.26. The van der Waals surface area contributed by atoms with E-state index < -0.39 is 5.91 Å². The highest BCUT2D eigenvalue weighted by Crippen LogP contribution is 2.29. The van der Waals surface area contributed by atoms with Crippen LogP contribution < -0.4 is 10.5 Å². The Balaban J connectivity index is 2.09. The van der Waals surface area contributed by atoms with Gasteiger partial charge in [0, 0.05) is 11.8 Å². The first-order valence-corrected chi connectivity index (χ1v) is 6.14.